The van der Waals surface area contributed by atoms with Crippen LogP contribution in [0.15, 0.2) is 58.9 Å². The van der Waals surface area contributed by atoms with Gasteiger partial charge in [0.1, 0.15) is 0 Å². The molecule has 5 rings (SSSR count). The summed E-state index contributed by atoms with van der Waals surface area (Å²) in [5.74, 6) is -1.22. The zero-order valence-corrected chi connectivity index (χ0v) is 20.6. The lowest BCUT2D eigenvalue weighted by Gasteiger charge is -2.26. The number of hydrogen-bond acceptors (Lipinski definition) is 7. The highest BCUT2D eigenvalue weighted by Gasteiger charge is 2.21. The van der Waals surface area contributed by atoms with Gasteiger partial charge in [0.05, 0.1) is 23.6 Å². The first-order valence-electron chi connectivity index (χ1n) is 11.0. The molecule has 1 aliphatic heterocycles. The van der Waals surface area contributed by atoms with Crippen molar-refractivity contribution in [2.75, 3.05) is 26.3 Å². The lowest BCUT2D eigenvalue weighted by Crippen LogP contribution is -2.40. The second-order valence-electron chi connectivity index (χ2n) is 8.35. The maximum absolute atomic E-state index is 13.1. The zero-order chi connectivity index (χ0) is 25.4. The van der Waals surface area contributed by atoms with Gasteiger partial charge in [0.15, 0.2) is 10.8 Å². The lowest BCUT2D eigenvalue weighted by atomic mass is 10.0. The molecule has 1 amide bonds. The Morgan fingerprint density at radius 1 is 1.11 bits per heavy atom. The van der Waals surface area contributed by atoms with Crippen molar-refractivity contribution in [1.82, 2.24) is 14.5 Å². The number of sulfonamides is 1. The van der Waals surface area contributed by atoms with Crippen LogP contribution in [0, 0.1) is 0 Å². The number of aromatic nitrogens is 2. The molecule has 10 nitrogen and oxygen atoms in total. The van der Waals surface area contributed by atoms with Crippen LogP contribution < -0.4 is 5.14 Å². The van der Waals surface area contributed by atoms with E-state index in [1.165, 1.54) is 28.8 Å². The van der Waals surface area contributed by atoms with Crippen molar-refractivity contribution in [3.05, 3.63) is 76.4 Å². The summed E-state index contributed by atoms with van der Waals surface area (Å²) < 4.78 is 30.3. The molecule has 2 aromatic carbocycles. The van der Waals surface area contributed by atoms with Gasteiger partial charge in [-0.05, 0) is 41.8 Å². The number of benzene rings is 2. The number of carboxylic acids is 1. The largest absolute Gasteiger partial charge is 0.476 e. The maximum atomic E-state index is 13.1. The topological polar surface area (TPSA) is 145 Å². The zero-order valence-electron chi connectivity index (χ0n) is 19.0. The van der Waals surface area contributed by atoms with E-state index in [9.17, 15) is 23.1 Å². The van der Waals surface area contributed by atoms with E-state index in [0.29, 0.717) is 43.4 Å². The molecule has 0 unspecified atom stereocenters. The standard InChI is InChI=1S/C24H22N4O6S2/c25-36(32,33)18-4-1-15(2-5-18)11-17-13-28(24-26-20(14-35-24)23(30)31)21-12-16(3-6-19(17)21)22(29)27-7-9-34-10-8-27/h1-6,12-14H,7-11H2,(H,30,31)(H2,25,32,33). The molecule has 0 spiro atoms. The monoisotopic (exact) mass is 526 g/mol. The number of nitrogens with two attached hydrogens (primary N) is 1. The van der Waals surface area contributed by atoms with E-state index in [1.54, 1.807) is 33.7 Å². The van der Waals surface area contributed by atoms with Crippen molar-refractivity contribution in [3.8, 4) is 5.13 Å². The van der Waals surface area contributed by atoms with Crippen molar-refractivity contribution < 1.29 is 27.9 Å². The lowest BCUT2D eigenvalue weighted by molar-refractivity contribution is 0.0303. The number of ether oxygens (including phenoxy) is 1. The second kappa shape index (κ2) is 9.47. The van der Waals surface area contributed by atoms with E-state index in [0.717, 1.165) is 22.0 Å². The van der Waals surface area contributed by atoms with Gasteiger partial charge in [-0.25, -0.2) is 23.3 Å². The summed E-state index contributed by atoms with van der Waals surface area (Å²) in [6, 6.07) is 11.8. The van der Waals surface area contributed by atoms with Crippen molar-refractivity contribution >= 4 is 44.1 Å². The molecular weight excluding hydrogens is 504 g/mol. The van der Waals surface area contributed by atoms with E-state index in [-0.39, 0.29) is 16.5 Å². The third kappa shape index (κ3) is 4.75. The second-order valence-corrected chi connectivity index (χ2v) is 10.7. The molecule has 1 saturated heterocycles. The number of carbonyl (C=O) groups is 2. The predicted molar refractivity (Wildman–Crippen MR) is 133 cm³/mol. The molecule has 186 valence electrons. The molecule has 12 heteroatoms. The number of fused-ring (bicyclic) bond motifs is 1. The smallest absolute Gasteiger partial charge is 0.355 e. The Balaban J connectivity index is 1.57. The molecule has 1 fully saturated rings. The van der Waals surface area contributed by atoms with Crippen molar-refractivity contribution in [2.45, 2.75) is 11.3 Å². The first-order valence-corrected chi connectivity index (χ1v) is 13.5. The molecule has 0 atom stereocenters. The van der Waals surface area contributed by atoms with Crippen LogP contribution in [0.1, 0.15) is 32.0 Å². The highest BCUT2D eigenvalue weighted by molar-refractivity contribution is 7.89. The van der Waals surface area contributed by atoms with E-state index < -0.39 is 16.0 Å². The summed E-state index contributed by atoms with van der Waals surface area (Å²) in [5.41, 5.74) is 2.95. The minimum atomic E-state index is -3.79. The Bertz CT molecular complexity index is 1570. The number of carboxylic acid groups (broad SMARTS) is 1. The molecule has 3 heterocycles. The fraction of sp³-hybridized carbons (Fsp3) is 0.208. The van der Waals surface area contributed by atoms with Crippen LogP contribution in [-0.2, 0) is 21.2 Å². The molecule has 36 heavy (non-hydrogen) atoms. The predicted octanol–water partition coefficient (Wildman–Crippen LogP) is 2.50. The van der Waals surface area contributed by atoms with Crippen molar-refractivity contribution in [3.63, 3.8) is 0 Å². The average molecular weight is 527 g/mol. The van der Waals surface area contributed by atoms with Gasteiger partial charge >= 0.3 is 5.97 Å². The number of hydrogen-bond donors (Lipinski definition) is 2. The van der Waals surface area contributed by atoms with Crippen LogP contribution in [0.3, 0.4) is 0 Å². The summed E-state index contributed by atoms with van der Waals surface area (Å²) in [4.78, 5) is 30.5. The summed E-state index contributed by atoms with van der Waals surface area (Å²) in [6.07, 6.45) is 2.34. The highest BCUT2D eigenvalue weighted by Crippen LogP contribution is 2.30. The van der Waals surface area contributed by atoms with Crippen molar-refractivity contribution in [1.29, 1.82) is 0 Å². The first kappa shape index (κ1) is 24.1. The van der Waals surface area contributed by atoms with Crippen LogP contribution in [-0.4, -0.2) is 66.2 Å². The van der Waals surface area contributed by atoms with E-state index in [4.69, 9.17) is 9.88 Å². The normalized spacial score (nSPS) is 14.3. The molecule has 0 saturated carbocycles. The van der Waals surface area contributed by atoms with E-state index in [1.807, 2.05) is 12.3 Å². The van der Waals surface area contributed by atoms with Gasteiger partial charge in [-0.1, -0.05) is 18.2 Å². The number of rotatable bonds is 6. The molecule has 4 aromatic rings. The number of nitrogens with zero attached hydrogens (tertiary/aromatic N) is 3. The number of aromatic carboxylic acids is 1. The third-order valence-corrected chi connectivity index (χ3v) is 7.77. The fourth-order valence-electron chi connectivity index (χ4n) is 4.17. The summed E-state index contributed by atoms with van der Waals surface area (Å²) in [5, 5.41) is 17.3. The van der Waals surface area contributed by atoms with E-state index in [2.05, 4.69) is 4.98 Å². The SMILES string of the molecule is NS(=O)(=O)c1ccc(Cc2cn(-c3nc(C(=O)O)cs3)c3cc(C(=O)N4CCOCC4)ccc23)cc1. The molecule has 3 N–H and O–H groups in total. The number of carbonyl (C=O) groups excluding carboxylic acids is 1. The van der Waals surface area contributed by atoms with Gasteiger partial charge in [-0.3, -0.25) is 9.36 Å². The summed E-state index contributed by atoms with van der Waals surface area (Å²) >= 11 is 1.19. The Hall–Kier alpha value is -3.58. The van der Waals surface area contributed by atoms with Gasteiger partial charge in [-0.2, -0.15) is 0 Å². The average Bonchev–Trinajstić information content (AvgIpc) is 3.49. The molecular formula is C24H22N4O6S2. The third-order valence-electron chi connectivity index (χ3n) is 6.00. The molecule has 1 aliphatic rings. The maximum Gasteiger partial charge on any atom is 0.355 e. The van der Waals surface area contributed by atoms with Crippen LogP contribution in [0.4, 0.5) is 0 Å². The molecule has 0 aliphatic carbocycles. The highest BCUT2D eigenvalue weighted by atomic mass is 32.2. The van der Waals surface area contributed by atoms with Crippen LogP contribution >= 0.6 is 11.3 Å². The number of thiazole rings is 1. The first-order chi connectivity index (χ1) is 17.2. The summed E-state index contributed by atoms with van der Waals surface area (Å²) in [7, 11) is -3.79. The number of amides is 1. The van der Waals surface area contributed by atoms with Gasteiger partial charge in [0.25, 0.3) is 5.91 Å². The molecule has 0 radical (unpaired) electrons. The van der Waals surface area contributed by atoms with Gasteiger partial charge in [0.2, 0.25) is 10.0 Å². The Morgan fingerprint density at radius 3 is 2.47 bits per heavy atom. The van der Waals surface area contributed by atoms with E-state index >= 15 is 0 Å². The quantitative estimate of drug-likeness (QED) is 0.393. The van der Waals surface area contributed by atoms with Gasteiger partial charge in [0, 0.05) is 35.6 Å². The van der Waals surface area contributed by atoms with Crippen LogP contribution in [0.5, 0.6) is 0 Å². The van der Waals surface area contributed by atoms with Crippen molar-refractivity contribution in [2.24, 2.45) is 5.14 Å². The molecule has 0 bridgehead atoms. The van der Waals surface area contributed by atoms with Crippen LogP contribution in [0.2, 0.25) is 0 Å². The number of morpholine rings is 1. The number of primary sulfonamides is 1. The minimum absolute atomic E-state index is 0.0314. The fourth-order valence-corrected chi connectivity index (χ4v) is 5.47. The Labute approximate surface area is 210 Å². The van der Waals surface area contributed by atoms with Gasteiger partial charge < -0.3 is 14.7 Å². The Morgan fingerprint density at radius 2 is 1.83 bits per heavy atom. The molecule has 2 aromatic heterocycles. The van der Waals surface area contributed by atoms with Crippen LogP contribution in [0.25, 0.3) is 16.0 Å². The Kier molecular flexibility index (Phi) is 6.35. The minimum Gasteiger partial charge on any atom is -0.476 e. The van der Waals surface area contributed by atoms with Gasteiger partial charge in [-0.15, -0.1) is 11.3 Å². The summed E-state index contributed by atoms with van der Waals surface area (Å²) in [6.45, 7) is 2.03.